The lowest BCUT2D eigenvalue weighted by atomic mass is 10.1. The Bertz CT molecular complexity index is 452. The Balaban J connectivity index is 0.00000162. The number of nitrogens with zero attached hydrogens (tertiary/aromatic N) is 2. The summed E-state index contributed by atoms with van der Waals surface area (Å²) in [6.45, 7) is 1.56. The van der Waals surface area contributed by atoms with Crippen molar-refractivity contribution in [3.05, 3.63) is 35.4 Å². The minimum atomic E-state index is 0. The molecule has 0 saturated carbocycles. The average Bonchev–Trinajstić information content (AvgIpc) is 2.87. The maximum absolute atomic E-state index is 12.1. The molecule has 4 nitrogen and oxygen atoms in total. The normalized spacial score (nSPS) is 18.0. The zero-order chi connectivity index (χ0) is 12.3. The van der Waals surface area contributed by atoms with Gasteiger partial charge in [-0.05, 0) is 37.7 Å². The Labute approximate surface area is 113 Å². The van der Waals surface area contributed by atoms with Crippen molar-refractivity contribution < 1.29 is 4.79 Å². The highest BCUT2D eigenvalue weighted by molar-refractivity contribution is 5.94. The van der Waals surface area contributed by atoms with Crippen molar-refractivity contribution in [2.24, 2.45) is 0 Å². The Morgan fingerprint density at radius 1 is 1.44 bits per heavy atom. The van der Waals surface area contributed by atoms with E-state index >= 15 is 0 Å². The van der Waals surface area contributed by atoms with Gasteiger partial charge >= 0.3 is 0 Å². The fourth-order valence-electron chi connectivity index (χ4n) is 2.05. The Morgan fingerprint density at radius 3 is 2.61 bits per heavy atom. The quantitative estimate of drug-likeness (QED) is 0.880. The zero-order valence-electron chi connectivity index (χ0n) is 10.2. The van der Waals surface area contributed by atoms with Crippen LogP contribution in [0.2, 0.25) is 0 Å². The van der Waals surface area contributed by atoms with Gasteiger partial charge in [-0.1, -0.05) is 0 Å². The van der Waals surface area contributed by atoms with E-state index in [4.69, 9.17) is 5.26 Å². The first-order chi connectivity index (χ1) is 8.24. The summed E-state index contributed by atoms with van der Waals surface area (Å²) >= 11 is 0. The van der Waals surface area contributed by atoms with Gasteiger partial charge in [0, 0.05) is 24.7 Å². The number of hydrogen-bond donors (Lipinski definition) is 1. The van der Waals surface area contributed by atoms with E-state index in [2.05, 4.69) is 5.32 Å². The smallest absolute Gasteiger partial charge is 0.253 e. The van der Waals surface area contributed by atoms with Crippen LogP contribution in [0.3, 0.4) is 0 Å². The molecule has 1 amide bonds. The van der Waals surface area contributed by atoms with Crippen molar-refractivity contribution in [3.63, 3.8) is 0 Å². The molecule has 1 atom stereocenters. The average molecular weight is 266 g/mol. The summed E-state index contributed by atoms with van der Waals surface area (Å²) in [6, 6.07) is 9.23. The Hall–Kier alpha value is -1.57. The highest BCUT2D eigenvalue weighted by Gasteiger charge is 2.25. The number of benzene rings is 1. The van der Waals surface area contributed by atoms with E-state index in [-0.39, 0.29) is 18.3 Å². The number of halogens is 1. The number of likely N-dealkylation sites (N-methyl/N-ethyl adjacent to an activating group) is 1. The molecule has 1 unspecified atom stereocenters. The molecule has 0 radical (unpaired) electrons. The second-order valence-electron chi connectivity index (χ2n) is 4.21. The minimum absolute atomic E-state index is 0. The Kier molecular flexibility index (Phi) is 5.14. The van der Waals surface area contributed by atoms with E-state index in [1.165, 1.54) is 0 Å². The fourth-order valence-corrected chi connectivity index (χ4v) is 2.05. The molecule has 1 aromatic rings. The lowest BCUT2D eigenvalue weighted by Crippen LogP contribution is -2.33. The van der Waals surface area contributed by atoms with Crippen LogP contribution in [0.4, 0.5) is 0 Å². The molecule has 1 saturated heterocycles. The largest absolute Gasteiger partial charge is 0.337 e. The molecule has 0 aromatic heterocycles. The van der Waals surface area contributed by atoms with E-state index in [1.807, 2.05) is 18.0 Å². The number of nitrogens with one attached hydrogen (secondary N) is 1. The van der Waals surface area contributed by atoms with Crippen LogP contribution in [0, 0.1) is 11.3 Å². The van der Waals surface area contributed by atoms with Gasteiger partial charge in [-0.2, -0.15) is 5.26 Å². The van der Waals surface area contributed by atoms with Crippen molar-refractivity contribution in [2.75, 3.05) is 20.1 Å². The van der Waals surface area contributed by atoms with Gasteiger partial charge in [0.2, 0.25) is 0 Å². The van der Waals surface area contributed by atoms with Crippen molar-refractivity contribution in [3.8, 4) is 6.07 Å². The number of likely N-dealkylation sites (tertiary alicyclic amines) is 1. The Morgan fingerprint density at radius 2 is 2.11 bits per heavy atom. The van der Waals surface area contributed by atoms with E-state index < -0.39 is 0 Å². The van der Waals surface area contributed by atoms with Crippen LogP contribution in [-0.4, -0.2) is 37.0 Å². The van der Waals surface area contributed by atoms with Crippen LogP contribution in [0.25, 0.3) is 0 Å². The first-order valence-corrected chi connectivity index (χ1v) is 5.71. The number of nitriles is 1. The van der Waals surface area contributed by atoms with Crippen LogP contribution < -0.4 is 5.32 Å². The summed E-state index contributed by atoms with van der Waals surface area (Å²) in [5.74, 6) is 0.0484. The summed E-state index contributed by atoms with van der Waals surface area (Å²) < 4.78 is 0. The van der Waals surface area contributed by atoms with Gasteiger partial charge in [-0.3, -0.25) is 4.79 Å². The summed E-state index contributed by atoms with van der Waals surface area (Å²) in [4.78, 5) is 14.0. The molecule has 18 heavy (non-hydrogen) atoms. The van der Waals surface area contributed by atoms with Crippen LogP contribution >= 0.6 is 12.4 Å². The van der Waals surface area contributed by atoms with E-state index in [0.717, 1.165) is 19.5 Å². The second-order valence-corrected chi connectivity index (χ2v) is 4.21. The predicted octanol–water partition coefficient (Wildman–Crippen LogP) is 1.41. The zero-order valence-corrected chi connectivity index (χ0v) is 11.0. The lowest BCUT2D eigenvalue weighted by molar-refractivity contribution is 0.0789. The van der Waals surface area contributed by atoms with Crippen molar-refractivity contribution in [1.29, 1.82) is 5.26 Å². The topological polar surface area (TPSA) is 56.1 Å². The van der Waals surface area contributed by atoms with Crippen molar-refractivity contribution in [2.45, 2.75) is 12.5 Å². The second kappa shape index (κ2) is 6.39. The molecule has 0 bridgehead atoms. The van der Waals surface area contributed by atoms with E-state index in [9.17, 15) is 4.79 Å². The highest BCUT2D eigenvalue weighted by Crippen LogP contribution is 2.13. The first-order valence-electron chi connectivity index (χ1n) is 5.71. The molecule has 0 aliphatic carbocycles. The third-order valence-corrected chi connectivity index (χ3v) is 3.14. The van der Waals surface area contributed by atoms with Gasteiger partial charge in [0.15, 0.2) is 0 Å². The molecule has 96 valence electrons. The molecule has 1 heterocycles. The lowest BCUT2D eigenvalue weighted by Gasteiger charge is -2.16. The molecule has 1 fully saturated rings. The molecular weight excluding hydrogens is 250 g/mol. The molecule has 1 N–H and O–H groups in total. The summed E-state index contributed by atoms with van der Waals surface area (Å²) in [7, 11) is 1.92. The molecule has 1 aliphatic rings. The molecular formula is C13H16ClN3O. The van der Waals surface area contributed by atoms with E-state index in [1.54, 1.807) is 24.3 Å². The standard InChI is InChI=1S/C13H15N3O.ClH/c1-15-12-6-7-16(9-12)13(17)11-4-2-10(8-14)3-5-11;/h2-5,12,15H,6-7,9H2,1H3;1H. The fraction of sp³-hybridized carbons (Fsp3) is 0.385. The van der Waals surface area contributed by atoms with Crippen LogP contribution in [0.5, 0.6) is 0 Å². The van der Waals surface area contributed by atoms with Crippen LogP contribution in [-0.2, 0) is 0 Å². The minimum Gasteiger partial charge on any atom is -0.337 e. The summed E-state index contributed by atoms with van der Waals surface area (Å²) in [5, 5.41) is 11.9. The summed E-state index contributed by atoms with van der Waals surface area (Å²) in [6.07, 6.45) is 0.999. The maximum atomic E-state index is 12.1. The SMILES string of the molecule is CNC1CCN(C(=O)c2ccc(C#N)cc2)C1.Cl. The summed E-state index contributed by atoms with van der Waals surface area (Å²) in [5.41, 5.74) is 1.23. The maximum Gasteiger partial charge on any atom is 0.253 e. The predicted molar refractivity (Wildman–Crippen MR) is 71.8 cm³/mol. The van der Waals surface area contributed by atoms with Crippen molar-refractivity contribution >= 4 is 18.3 Å². The molecule has 1 aliphatic heterocycles. The molecule has 1 aromatic carbocycles. The third-order valence-electron chi connectivity index (χ3n) is 3.14. The first kappa shape index (κ1) is 14.5. The van der Waals surface area contributed by atoms with Gasteiger partial charge < -0.3 is 10.2 Å². The number of rotatable bonds is 2. The highest BCUT2D eigenvalue weighted by atomic mass is 35.5. The molecule has 0 spiro atoms. The number of carbonyl (C=O) groups is 1. The van der Waals surface area contributed by atoms with Gasteiger partial charge in [-0.15, -0.1) is 12.4 Å². The van der Waals surface area contributed by atoms with Crippen molar-refractivity contribution in [1.82, 2.24) is 10.2 Å². The van der Waals surface area contributed by atoms with Gasteiger partial charge in [0.1, 0.15) is 0 Å². The van der Waals surface area contributed by atoms with Gasteiger partial charge in [-0.25, -0.2) is 0 Å². The third kappa shape index (κ3) is 3.00. The number of carbonyl (C=O) groups excluding carboxylic acids is 1. The number of hydrogen-bond acceptors (Lipinski definition) is 3. The molecule has 5 heteroatoms. The van der Waals surface area contributed by atoms with Crippen LogP contribution in [0.15, 0.2) is 24.3 Å². The van der Waals surface area contributed by atoms with Crippen LogP contribution in [0.1, 0.15) is 22.3 Å². The monoisotopic (exact) mass is 265 g/mol. The van der Waals surface area contributed by atoms with E-state index in [0.29, 0.717) is 17.2 Å². The molecule has 2 rings (SSSR count). The number of amides is 1. The van der Waals surface area contributed by atoms with Gasteiger partial charge in [0.05, 0.1) is 11.6 Å². The van der Waals surface area contributed by atoms with Gasteiger partial charge in [0.25, 0.3) is 5.91 Å².